The summed E-state index contributed by atoms with van der Waals surface area (Å²) in [6, 6.07) is 19.0. The van der Waals surface area contributed by atoms with E-state index in [-0.39, 0.29) is 6.04 Å². The van der Waals surface area contributed by atoms with Crippen LogP contribution in [0.15, 0.2) is 69.1 Å². The molecule has 3 heteroatoms. The van der Waals surface area contributed by atoms with Gasteiger partial charge in [-0.3, -0.25) is 4.99 Å². The van der Waals surface area contributed by atoms with Gasteiger partial charge in [0.05, 0.1) is 6.04 Å². The van der Waals surface area contributed by atoms with E-state index in [2.05, 4.69) is 57.3 Å². The molecule has 0 amide bonds. The number of aryl methyl sites for hydroxylation is 1. The molecule has 0 radical (unpaired) electrons. The van der Waals surface area contributed by atoms with E-state index in [4.69, 9.17) is 4.99 Å². The highest BCUT2D eigenvalue weighted by Crippen LogP contribution is 2.17. The van der Waals surface area contributed by atoms with Gasteiger partial charge < -0.3 is 0 Å². The fourth-order valence-electron chi connectivity index (χ4n) is 2.46. The first-order valence-corrected chi connectivity index (χ1v) is 8.02. The van der Waals surface area contributed by atoms with E-state index in [0.29, 0.717) is 0 Å². The lowest BCUT2D eigenvalue weighted by molar-refractivity contribution is 0.702. The number of benzene rings is 2. The predicted octanol–water partition coefficient (Wildman–Crippen LogP) is 4.67. The third-order valence-electron chi connectivity index (χ3n) is 3.55. The first-order valence-electron chi connectivity index (χ1n) is 7.23. The van der Waals surface area contributed by atoms with Crippen LogP contribution in [0.3, 0.4) is 0 Å². The maximum absolute atomic E-state index is 4.70. The summed E-state index contributed by atoms with van der Waals surface area (Å²) in [6.45, 7) is 0. The molecular weight excluding hydrogens is 324 g/mol. The van der Waals surface area contributed by atoms with Crippen molar-refractivity contribution in [1.29, 1.82) is 0 Å². The van der Waals surface area contributed by atoms with Crippen LogP contribution in [0, 0.1) is 0 Å². The molecule has 1 aliphatic rings. The van der Waals surface area contributed by atoms with Gasteiger partial charge >= 0.3 is 0 Å². The minimum Gasteiger partial charge on any atom is -0.257 e. The highest BCUT2D eigenvalue weighted by Gasteiger charge is 2.13. The molecule has 2 aromatic carbocycles. The van der Waals surface area contributed by atoms with Crippen LogP contribution in [0.5, 0.6) is 0 Å². The molecule has 0 aromatic heterocycles. The summed E-state index contributed by atoms with van der Waals surface area (Å²) in [5.41, 5.74) is 2.47. The molecular formula is C18H17BrN2. The topological polar surface area (TPSA) is 24.7 Å². The SMILES string of the molecule is Brc1cccc(C2=NC(CCCc3ccccc3)C=N2)c1. The lowest BCUT2D eigenvalue weighted by atomic mass is 10.1. The molecule has 0 fully saturated rings. The van der Waals surface area contributed by atoms with Crippen molar-refractivity contribution in [3.8, 4) is 0 Å². The van der Waals surface area contributed by atoms with Crippen molar-refractivity contribution in [2.24, 2.45) is 9.98 Å². The van der Waals surface area contributed by atoms with E-state index in [1.807, 2.05) is 24.4 Å². The second kappa shape index (κ2) is 6.81. The van der Waals surface area contributed by atoms with Gasteiger partial charge in [-0.15, -0.1) is 0 Å². The normalized spacial score (nSPS) is 17.0. The van der Waals surface area contributed by atoms with Crippen molar-refractivity contribution in [2.75, 3.05) is 0 Å². The molecule has 1 unspecified atom stereocenters. The van der Waals surface area contributed by atoms with Gasteiger partial charge in [-0.05, 0) is 37.0 Å². The fraction of sp³-hybridized carbons (Fsp3) is 0.222. The number of amidine groups is 1. The zero-order valence-corrected chi connectivity index (χ0v) is 13.3. The molecule has 2 aromatic rings. The Kier molecular flexibility index (Phi) is 4.61. The van der Waals surface area contributed by atoms with E-state index in [1.54, 1.807) is 0 Å². The van der Waals surface area contributed by atoms with Crippen LogP contribution in [-0.4, -0.2) is 18.1 Å². The zero-order valence-electron chi connectivity index (χ0n) is 11.7. The molecule has 0 bridgehead atoms. The largest absolute Gasteiger partial charge is 0.257 e. The Morgan fingerprint density at radius 2 is 1.86 bits per heavy atom. The standard InChI is InChI=1S/C18H17BrN2/c19-16-10-5-9-15(12-16)18-20-13-17(21-18)11-4-8-14-6-2-1-3-7-14/h1-3,5-7,9-10,12-13,17H,4,8,11H2. The Hall–Kier alpha value is -1.74. The summed E-state index contributed by atoms with van der Waals surface area (Å²) in [7, 11) is 0. The van der Waals surface area contributed by atoms with Crippen molar-refractivity contribution in [3.63, 3.8) is 0 Å². The quantitative estimate of drug-likeness (QED) is 0.755. The minimum absolute atomic E-state index is 0.225. The summed E-state index contributed by atoms with van der Waals surface area (Å²) in [4.78, 5) is 9.16. The third kappa shape index (κ3) is 3.88. The van der Waals surface area contributed by atoms with Crippen molar-refractivity contribution in [3.05, 3.63) is 70.2 Å². The number of hydrogen-bond donors (Lipinski definition) is 0. The molecule has 0 saturated heterocycles. The Morgan fingerprint density at radius 1 is 1.00 bits per heavy atom. The van der Waals surface area contributed by atoms with Crippen molar-refractivity contribution in [2.45, 2.75) is 25.3 Å². The van der Waals surface area contributed by atoms with Crippen LogP contribution >= 0.6 is 15.9 Å². The van der Waals surface area contributed by atoms with E-state index < -0.39 is 0 Å². The minimum atomic E-state index is 0.225. The lowest BCUT2D eigenvalue weighted by Crippen LogP contribution is -2.03. The number of rotatable bonds is 5. The van der Waals surface area contributed by atoms with Crippen LogP contribution in [0.25, 0.3) is 0 Å². The maximum Gasteiger partial charge on any atom is 0.154 e. The van der Waals surface area contributed by atoms with Gasteiger partial charge in [0.2, 0.25) is 0 Å². The van der Waals surface area contributed by atoms with Crippen molar-refractivity contribution in [1.82, 2.24) is 0 Å². The fourth-order valence-corrected chi connectivity index (χ4v) is 2.86. The molecule has 3 rings (SSSR count). The molecule has 1 atom stereocenters. The molecule has 0 saturated carbocycles. The number of halogens is 1. The molecule has 2 nitrogen and oxygen atoms in total. The summed E-state index contributed by atoms with van der Waals surface area (Å²) in [5.74, 6) is 0.848. The van der Waals surface area contributed by atoms with E-state index in [9.17, 15) is 0 Å². The average Bonchev–Trinajstić information content (AvgIpc) is 2.97. The number of hydrogen-bond acceptors (Lipinski definition) is 2. The Balaban J connectivity index is 1.56. The van der Waals surface area contributed by atoms with Crippen LogP contribution in [0.4, 0.5) is 0 Å². The van der Waals surface area contributed by atoms with Crippen LogP contribution in [0.1, 0.15) is 24.0 Å². The van der Waals surface area contributed by atoms with Gasteiger partial charge in [0, 0.05) is 16.3 Å². The van der Waals surface area contributed by atoms with E-state index >= 15 is 0 Å². The second-order valence-corrected chi connectivity index (χ2v) is 6.10. The number of aliphatic imine (C=N–C) groups is 2. The molecule has 1 aliphatic heterocycles. The monoisotopic (exact) mass is 340 g/mol. The van der Waals surface area contributed by atoms with Crippen LogP contribution < -0.4 is 0 Å². The molecule has 0 spiro atoms. The highest BCUT2D eigenvalue weighted by atomic mass is 79.9. The molecule has 21 heavy (non-hydrogen) atoms. The summed E-state index contributed by atoms with van der Waals surface area (Å²) >= 11 is 3.49. The summed E-state index contributed by atoms with van der Waals surface area (Å²) < 4.78 is 1.06. The highest BCUT2D eigenvalue weighted by molar-refractivity contribution is 9.10. The smallest absolute Gasteiger partial charge is 0.154 e. The lowest BCUT2D eigenvalue weighted by Gasteiger charge is -2.04. The summed E-state index contributed by atoms with van der Waals surface area (Å²) in [6.07, 6.45) is 5.26. The van der Waals surface area contributed by atoms with Gasteiger partial charge in [-0.1, -0.05) is 58.4 Å². The molecule has 106 valence electrons. The van der Waals surface area contributed by atoms with Crippen LogP contribution in [-0.2, 0) is 6.42 Å². The van der Waals surface area contributed by atoms with Crippen molar-refractivity contribution < 1.29 is 0 Å². The van der Waals surface area contributed by atoms with Gasteiger partial charge in [-0.25, -0.2) is 4.99 Å². The molecule has 1 heterocycles. The third-order valence-corrected chi connectivity index (χ3v) is 4.04. The Bertz CT molecular complexity index is 662. The first-order chi connectivity index (χ1) is 10.3. The Labute approximate surface area is 133 Å². The van der Waals surface area contributed by atoms with Crippen LogP contribution in [0.2, 0.25) is 0 Å². The van der Waals surface area contributed by atoms with Crippen molar-refractivity contribution >= 4 is 28.0 Å². The molecule has 0 N–H and O–H groups in total. The van der Waals surface area contributed by atoms with Gasteiger partial charge in [0.15, 0.2) is 5.84 Å². The zero-order chi connectivity index (χ0) is 14.5. The average molecular weight is 341 g/mol. The Morgan fingerprint density at radius 3 is 2.67 bits per heavy atom. The van der Waals surface area contributed by atoms with Gasteiger partial charge in [0.1, 0.15) is 0 Å². The van der Waals surface area contributed by atoms with E-state index in [0.717, 1.165) is 35.1 Å². The first kappa shape index (κ1) is 14.2. The van der Waals surface area contributed by atoms with Gasteiger partial charge in [0.25, 0.3) is 0 Å². The maximum atomic E-state index is 4.70. The van der Waals surface area contributed by atoms with E-state index in [1.165, 1.54) is 5.56 Å². The second-order valence-electron chi connectivity index (χ2n) is 5.19. The summed E-state index contributed by atoms with van der Waals surface area (Å²) in [5, 5.41) is 0. The predicted molar refractivity (Wildman–Crippen MR) is 92.3 cm³/mol. The van der Waals surface area contributed by atoms with Gasteiger partial charge in [-0.2, -0.15) is 0 Å². The number of nitrogens with zero attached hydrogens (tertiary/aromatic N) is 2. The molecule has 0 aliphatic carbocycles.